The van der Waals surface area contributed by atoms with Crippen LogP contribution in [0.2, 0.25) is 0 Å². The molecule has 2 aromatic carbocycles. The third-order valence-electron chi connectivity index (χ3n) is 3.49. The first kappa shape index (κ1) is 12.4. The van der Waals surface area contributed by atoms with Crippen LogP contribution in [-0.2, 0) is 0 Å². The average molecular weight is 263 g/mol. The highest BCUT2D eigenvalue weighted by Gasteiger charge is 2.50. The minimum absolute atomic E-state index is 0.0775. The SMILES string of the molecule is N#CC1(C(=O)c2ccc(Oc3ccccc3)cc2)CC1. The van der Waals surface area contributed by atoms with Crippen molar-refractivity contribution in [3.8, 4) is 17.6 Å². The van der Waals surface area contributed by atoms with Gasteiger partial charge >= 0.3 is 0 Å². The van der Waals surface area contributed by atoms with E-state index in [-0.39, 0.29) is 5.78 Å². The zero-order valence-electron chi connectivity index (χ0n) is 10.9. The second-order valence-electron chi connectivity index (χ2n) is 4.96. The maximum atomic E-state index is 12.2. The number of carbonyl (C=O) groups excluding carboxylic acids is 1. The molecule has 1 aliphatic rings. The molecule has 0 bridgehead atoms. The molecule has 0 saturated heterocycles. The molecule has 0 spiro atoms. The molecule has 0 aliphatic heterocycles. The van der Waals surface area contributed by atoms with E-state index in [0.717, 1.165) is 5.75 Å². The van der Waals surface area contributed by atoms with Crippen molar-refractivity contribution in [3.63, 3.8) is 0 Å². The number of benzene rings is 2. The largest absolute Gasteiger partial charge is 0.457 e. The van der Waals surface area contributed by atoms with Crippen LogP contribution >= 0.6 is 0 Å². The number of para-hydroxylation sites is 1. The molecule has 1 saturated carbocycles. The Morgan fingerprint density at radius 2 is 1.60 bits per heavy atom. The van der Waals surface area contributed by atoms with Crippen LogP contribution in [0.15, 0.2) is 54.6 Å². The number of rotatable bonds is 4. The minimum atomic E-state index is -0.762. The first-order valence-electron chi connectivity index (χ1n) is 6.53. The Bertz CT molecular complexity index is 664. The maximum absolute atomic E-state index is 12.2. The second kappa shape index (κ2) is 4.82. The van der Waals surface area contributed by atoms with Gasteiger partial charge in [0.2, 0.25) is 0 Å². The smallest absolute Gasteiger partial charge is 0.183 e. The molecule has 0 N–H and O–H groups in total. The molecule has 0 heterocycles. The lowest BCUT2D eigenvalue weighted by molar-refractivity contribution is 0.0934. The van der Waals surface area contributed by atoms with E-state index >= 15 is 0 Å². The quantitative estimate of drug-likeness (QED) is 0.784. The van der Waals surface area contributed by atoms with Gasteiger partial charge in [-0.3, -0.25) is 4.79 Å². The number of ether oxygens (including phenoxy) is 1. The zero-order chi connectivity index (χ0) is 14.0. The first-order valence-corrected chi connectivity index (χ1v) is 6.53. The fourth-order valence-corrected chi connectivity index (χ4v) is 2.09. The van der Waals surface area contributed by atoms with Crippen LogP contribution in [0.3, 0.4) is 0 Å². The third kappa shape index (κ3) is 2.28. The standard InChI is InChI=1S/C17H13NO2/c18-12-17(10-11-17)16(19)13-6-8-15(9-7-13)20-14-4-2-1-3-5-14/h1-9H,10-11H2. The van der Waals surface area contributed by atoms with Crippen LogP contribution in [0.25, 0.3) is 0 Å². The first-order chi connectivity index (χ1) is 9.73. The van der Waals surface area contributed by atoms with Crippen molar-refractivity contribution < 1.29 is 9.53 Å². The summed E-state index contributed by atoms with van der Waals surface area (Å²) in [6.07, 6.45) is 1.34. The number of Topliss-reactive ketones (excluding diaryl/α,β-unsaturated/α-hetero) is 1. The van der Waals surface area contributed by atoms with Crippen molar-refractivity contribution in [2.45, 2.75) is 12.8 Å². The van der Waals surface area contributed by atoms with Crippen LogP contribution in [-0.4, -0.2) is 5.78 Å². The van der Waals surface area contributed by atoms with Gasteiger partial charge in [-0.05, 0) is 49.2 Å². The molecule has 3 heteroatoms. The Kier molecular flexibility index (Phi) is 3.00. The molecule has 0 amide bonds. The van der Waals surface area contributed by atoms with Crippen molar-refractivity contribution >= 4 is 5.78 Å². The van der Waals surface area contributed by atoms with Crippen LogP contribution in [0.4, 0.5) is 0 Å². The van der Waals surface area contributed by atoms with E-state index in [1.807, 2.05) is 30.3 Å². The summed E-state index contributed by atoms with van der Waals surface area (Å²) >= 11 is 0. The van der Waals surface area contributed by atoms with Crippen molar-refractivity contribution in [2.75, 3.05) is 0 Å². The van der Waals surface area contributed by atoms with Gasteiger partial charge in [0.1, 0.15) is 16.9 Å². The summed E-state index contributed by atoms with van der Waals surface area (Å²) in [5.74, 6) is 1.35. The minimum Gasteiger partial charge on any atom is -0.457 e. The van der Waals surface area contributed by atoms with Gasteiger partial charge in [0.25, 0.3) is 0 Å². The molecule has 0 radical (unpaired) electrons. The Morgan fingerprint density at radius 3 is 2.15 bits per heavy atom. The van der Waals surface area contributed by atoms with Crippen molar-refractivity contribution in [1.82, 2.24) is 0 Å². The van der Waals surface area contributed by atoms with Crippen molar-refractivity contribution in [3.05, 3.63) is 60.2 Å². The van der Waals surface area contributed by atoms with Gasteiger partial charge in [-0.15, -0.1) is 0 Å². The molecule has 3 rings (SSSR count). The summed E-state index contributed by atoms with van der Waals surface area (Å²) in [5.41, 5.74) is -0.189. The highest BCUT2D eigenvalue weighted by molar-refractivity contribution is 6.04. The van der Waals surface area contributed by atoms with Gasteiger partial charge < -0.3 is 4.74 Å². The zero-order valence-corrected chi connectivity index (χ0v) is 10.9. The number of hydrogen-bond acceptors (Lipinski definition) is 3. The Balaban J connectivity index is 1.75. The van der Waals surface area contributed by atoms with Gasteiger partial charge in [0.05, 0.1) is 6.07 Å². The average Bonchev–Trinajstić information content (AvgIpc) is 3.30. The number of nitriles is 1. The molecular formula is C17H13NO2. The van der Waals surface area contributed by atoms with E-state index < -0.39 is 5.41 Å². The molecule has 1 aliphatic carbocycles. The van der Waals surface area contributed by atoms with Crippen LogP contribution in [0, 0.1) is 16.7 Å². The predicted molar refractivity (Wildman–Crippen MR) is 74.6 cm³/mol. The summed E-state index contributed by atoms with van der Waals surface area (Å²) in [5, 5.41) is 9.04. The molecule has 1 fully saturated rings. The van der Waals surface area contributed by atoms with Crippen LogP contribution < -0.4 is 4.74 Å². The summed E-state index contributed by atoms with van der Waals surface area (Å²) in [6, 6.07) is 18.5. The lowest BCUT2D eigenvalue weighted by atomic mass is 9.96. The molecule has 3 nitrogen and oxygen atoms in total. The molecule has 0 unspecified atom stereocenters. The molecular weight excluding hydrogens is 250 g/mol. The fraction of sp³-hybridized carbons (Fsp3) is 0.176. The number of carbonyl (C=O) groups is 1. The fourth-order valence-electron chi connectivity index (χ4n) is 2.09. The van der Waals surface area contributed by atoms with E-state index in [9.17, 15) is 4.79 Å². The Labute approximate surface area is 117 Å². The van der Waals surface area contributed by atoms with Crippen LogP contribution in [0.1, 0.15) is 23.2 Å². The Morgan fingerprint density at radius 1 is 1.00 bits per heavy atom. The molecule has 0 atom stereocenters. The van der Waals surface area contributed by atoms with E-state index in [1.54, 1.807) is 24.3 Å². The van der Waals surface area contributed by atoms with Crippen LogP contribution in [0.5, 0.6) is 11.5 Å². The van der Waals surface area contributed by atoms with Gasteiger partial charge in [-0.25, -0.2) is 0 Å². The molecule has 2 aromatic rings. The summed E-state index contributed by atoms with van der Waals surface area (Å²) in [6.45, 7) is 0. The lowest BCUT2D eigenvalue weighted by Gasteiger charge is -2.08. The van der Waals surface area contributed by atoms with Crippen molar-refractivity contribution in [2.24, 2.45) is 5.41 Å². The third-order valence-corrected chi connectivity index (χ3v) is 3.49. The highest BCUT2D eigenvalue weighted by Crippen LogP contribution is 2.47. The van der Waals surface area contributed by atoms with Gasteiger partial charge in [0, 0.05) is 5.56 Å². The summed E-state index contributed by atoms with van der Waals surface area (Å²) < 4.78 is 5.66. The maximum Gasteiger partial charge on any atom is 0.183 e. The van der Waals surface area contributed by atoms with Crippen molar-refractivity contribution in [1.29, 1.82) is 5.26 Å². The second-order valence-corrected chi connectivity index (χ2v) is 4.96. The predicted octanol–water partition coefficient (Wildman–Crippen LogP) is 3.97. The lowest BCUT2D eigenvalue weighted by Crippen LogP contribution is -2.13. The Hall–Kier alpha value is -2.60. The number of nitrogens with zero attached hydrogens (tertiary/aromatic N) is 1. The number of ketones is 1. The van der Waals surface area contributed by atoms with E-state index in [1.165, 1.54) is 0 Å². The summed E-state index contributed by atoms with van der Waals surface area (Å²) in [7, 11) is 0. The normalized spacial score (nSPS) is 15.2. The van der Waals surface area contributed by atoms with E-state index in [4.69, 9.17) is 10.00 Å². The molecule has 98 valence electrons. The monoisotopic (exact) mass is 263 g/mol. The highest BCUT2D eigenvalue weighted by atomic mass is 16.5. The van der Waals surface area contributed by atoms with Gasteiger partial charge in [-0.2, -0.15) is 5.26 Å². The number of hydrogen-bond donors (Lipinski definition) is 0. The summed E-state index contributed by atoms with van der Waals surface area (Å²) in [4.78, 5) is 12.2. The molecule has 0 aromatic heterocycles. The van der Waals surface area contributed by atoms with E-state index in [2.05, 4.69) is 6.07 Å². The topological polar surface area (TPSA) is 50.1 Å². The van der Waals surface area contributed by atoms with E-state index in [0.29, 0.717) is 24.2 Å². The van der Waals surface area contributed by atoms with Gasteiger partial charge in [-0.1, -0.05) is 18.2 Å². The molecule has 20 heavy (non-hydrogen) atoms. The van der Waals surface area contributed by atoms with Gasteiger partial charge in [0.15, 0.2) is 5.78 Å².